The van der Waals surface area contributed by atoms with Crippen molar-refractivity contribution in [2.75, 3.05) is 0 Å². The second kappa shape index (κ2) is 4.65. The zero-order chi connectivity index (χ0) is 9.97. The fourth-order valence-corrected chi connectivity index (χ4v) is 3.18. The van der Waals surface area contributed by atoms with Crippen LogP contribution in [0.25, 0.3) is 0 Å². The van der Waals surface area contributed by atoms with Crippen LogP contribution in [0.4, 0.5) is 0 Å². The summed E-state index contributed by atoms with van der Waals surface area (Å²) in [6.45, 7) is 2.32. The molecule has 2 aliphatic rings. The standard InChI is InChI=1S/C13H25N/c1-2-10-6-7-12(8-10)13(14)9-11-4-3-5-11/h10-13H,2-9,14H2,1H3. The molecule has 0 aromatic rings. The average Bonchev–Trinajstić information content (AvgIpc) is 2.59. The van der Waals surface area contributed by atoms with Gasteiger partial charge in [0, 0.05) is 6.04 Å². The van der Waals surface area contributed by atoms with Crippen LogP contribution in [0.2, 0.25) is 0 Å². The smallest absolute Gasteiger partial charge is 0.00699 e. The van der Waals surface area contributed by atoms with Crippen LogP contribution in [0.5, 0.6) is 0 Å². The summed E-state index contributed by atoms with van der Waals surface area (Å²) in [5.41, 5.74) is 6.31. The van der Waals surface area contributed by atoms with Crippen molar-refractivity contribution in [2.45, 2.75) is 64.3 Å². The van der Waals surface area contributed by atoms with E-state index in [1.165, 1.54) is 51.4 Å². The number of hydrogen-bond acceptors (Lipinski definition) is 1. The topological polar surface area (TPSA) is 26.0 Å². The normalized spacial score (nSPS) is 35.6. The van der Waals surface area contributed by atoms with Gasteiger partial charge in [-0.25, -0.2) is 0 Å². The van der Waals surface area contributed by atoms with E-state index < -0.39 is 0 Å². The average molecular weight is 195 g/mol. The quantitative estimate of drug-likeness (QED) is 0.731. The van der Waals surface area contributed by atoms with E-state index in [2.05, 4.69) is 6.92 Å². The minimum absolute atomic E-state index is 0.525. The zero-order valence-electron chi connectivity index (χ0n) is 9.54. The monoisotopic (exact) mass is 195 g/mol. The van der Waals surface area contributed by atoms with E-state index in [4.69, 9.17) is 5.73 Å². The van der Waals surface area contributed by atoms with Crippen molar-refractivity contribution < 1.29 is 0 Å². The lowest BCUT2D eigenvalue weighted by atomic mass is 9.78. The molecule has 0 aromatic heterocycles. The van der Waals surface area contributed by atoms with E-state index in [-0.39, 0.29) is 0 Å². The van der Waals surface area contributed by atoms with E-state index in [0.29, 0.717) is 6.04 Å². The third kappa shape index (κ3) is 2.31. The Morgan fingerprint density at radius 3 is 2.43 bits per heavy atom. The van der Waals surface area contributed by atoms with E-state index >= 15 is 0 Å². The van der Waals surface area contributed by atoms with Crippen LogP contribution < -0.4 is 5.73 Å². The third-order valence-electron chi connectivity index (χ3n) is 4.59. The summed E-state index contributed by atoms with van der Waals surface area (Å²) in [7, 11) is 0. The van der Waals surface area contributed by atoms with E-state index in [1.807, 2.05) is 0 Å². The zero-order valence-corrected chi connectivity index (χ0v) is 9.54. The molecule has 2 saturated carbocycles. The van der Waals surface area contributed by atoms with Crippen molar-refractivity contribution >= 4 is 0 Å². The fourth-order valence-electron chi connectivity index (χ4n) is 3.18. The molecule has 2 aliphatic carbocycles. The number of nitrogens with two attached hydrogens (primary N) is 1. The third-order valence-corrected chi connectivity index (χ3v) is 4.59. The van der Waals surface area contributed by atoms with Gasteiger partial charge in [0.25, 0.3) is 0 Å². The van der Waals surface area contributed by atoms with Gasteiger partial charge in [-0.15, -0.1) is 0 Å². The highest BCUT2D eigenvalue weighted by atomic mass is 14.7. The Morgan fingerprint density at radius 2 is 1.93 bits per heavy atom. The molecule has 0 amide bonds. The maximum absolute atomic E-state index is 6.31. The van der Waals surface area contributed by atoms with Crippen molar-refractivity contribution in [1.82, 2.24) is 0 Å². The largest absolute Gasteiger partial charge is 0.327 e. The van der Waals surface area contributed by atoms with Crippen LogP contribution in [0, 0.1) is 17.8 Å². The lowest BCUT2D eigenvalue weighted by Crippen LogP contribution is -2.32. The molecule has 14 heavy (non-hydrogen) atoms. The predicted octanol–water partition coefficient (Wildman–Crippen LogP) is 3.33. The maximum Gasteiger partial charge on any atom is 0.00699 e. The molecule has 3 unspecified atom stereocenters. The fraction of sp³-hybridized carbons (Fsp3) is 1.00. The molecule has 0 saturated heterocycles. The van der Waals surface area contributed by atoms with Gasteiger partial charge >= 0.3 is 0 Å². The van der Waals surface area contributed by atoms with Gasteiger partial charge in [-0.1, -0.05) is 39.0 Å². The van der Waals surface area contributed by atoms with Crippen molar-refractivity contribution in [3.05, 3.63) is 0 Å². The highest BCUT2D eigenvalue weighted by Crippen LogP contribution is 2.38. The Hall–Kier alpha value is -0.0400. The van der Waals surface area contributed by atoms with Crippen LogP contribution in [0.3, 0.4) is 0 Å². The first kappa shape index (κ1) is 10.5. The number of hydrogen-bond donors (Lipinski definition) is 1. The van der Waals surface area contributed by atoms with Gasteiger partial charge in [0.05, 0.1) is 0 Å². The van der Waals surface area contributed by atoms with E-state index in [0.717, 1.165) is 17.8 Å². The molecule has 3 atom stereocenters. The van der Waals surface area contributed by atoms with Gasteiger partial charge in [-0.05, 0) is 37.0 Å². The first-order valence-corrected chi connectivity index (χ1v) is 6.55. The van der Waals surface area contributed by atoms with Crippen molar-refractivity contribution in [3.63, 3.8) is 0 Å². The first-order valence-electron chi connectivity index (χ1n) is 6.55. The molecule has 0 radical (unpaired) electrons. The Kier molecular flexibility index (Phi) is 3.48. The minimum atomic E-state index is 0.525. The van der Waals surface area contributed by atoms with Crippen LogP contribution in [-0.2, 0) is 0 Å². The highest BCUT2D eigenvalue weighted by molar-refractivity contribution is 4.85. The van der Waals surface area contributed by atoms with Gasteiger partial charge in [0.2, 0.25) is 0 Å². The summed E-state index contributed by atoms with van der Waals surface area (Å²) >= 11 is 0. The van der Waals surface area contributed by atoms with E-state index in [1.54, 1.807) is 0 Å². The summed E-state index contributed by atoms with van der Waals surface area (Å²) in [4.78, 5) is 0. The van der Waals surface area contributed by atoms with Crippen molar-refractivity contribution in [3.8, 4) is 0 Å². The second-order valence-corrected chi connectivity index (χ2v) is 5.54. The molecule has 2 fully saturated rings. The number of rotatable bonds is 4. The first-order chi connectivity index (χ1) is 6.79. The lowest BCUT2D eigenvalue weighted by molar-refractivity contribution is 0.244. The maximum atomic E-state index is 6.31. The van der Waals surface area contributed by atoms with Crippen molar-refractivity contribution in [2.24, 2.45) is 23.5 Å². The molecule has 0 aliphatic heterocycles. The van der Waals surface area contributed by atoms with Gasteiger partial charge in [-0.3, -0.25) is 0 Å². The van der Waals surface area contributed by atoms with Crippen LogP contribution in [0.1, 0.15) is 58.3 Å². The Morgan fingerprint density at radius 1 is 1.14 bits per heavy atom. The molecular weight excluding hydrogens is 170 g/mol. The van der Waals surface area contributed by atoms with Gasteiger partial charge in [-0.2, -0.15) is 0 Å². The van der Waals surface area contributed by atoms with Gasteiger partial charge < -0.3 is 5.73 Å². The Bertz CT molecular complexity index is 174. The van der Waals surface area contributed by atoms with E-state index in [9.17, 15) is 0 Å². The second-order valence-electron chi connectivity index (χ2n) is 5.54. The molecule has 0 bridgehead atoms. The Balaban J connectivity index is 1.71. The predicted molar refractivity (Wildman–Crippen MR) is 61.1 cm³/mol. The SMILES string of the molecule is CCC1CCC(C(N)CC2CCC2)C1. The molecule has 2 rings (SSSR count). The Labute approximate surface area is 88.4 Å². The summed E-state index contributed by atoms with van der Waals surface area (Å²) in [5, 5.41) is 0. The molecule has 0 heterocycles. The molecule has 2 N–H and O–H groups in total. The molecule has 1 nitrogen and oxygen atoms in total. The molecule has 82 valence electrons. The van der Waals surface area contributed by atoms with Crippen LogP contribution >= 0.6 is 0 Å². The van der Waals surface area contributed by atoms with Gasteiger partial charge in [0.15, 0.2) is 0 Å². The summed E-state index contributed by atoms with van der Waals surface area (Å²) in [6.07, 6.45) is 11.3. The molecule has 0 spiro atoms. The molecule has 1 heteroatoms. The minimum Gasteiger partial charge on any atom is -0.327 e. The lowest BCUT2D eigenvalue weighted by Gasteiger charge is -2.30. The molecule has 0 aromatic carbocycles. The van der Waals surface area contributed by atoms with Crippen LogP contribution in [-0.4, -0.2) is 6.04 Å². The van der Waals surface area contributed by atoms with Crippen LogP contribution in [0.15, 0.2) is 0 Å². The highest BCUT2D eigenvalue weighted by Gasteiger charge is 2.30. The van der Waals surface area contributed by atoms with Gasteiger partial charge in [0.1, 0.15) is 0 Å². The summed E-state index contributed by atoms with van der Waals surface area (Å²) in [5.74, 6) is 2.85. The summed E-state index contributed by atoms with van der Waals surface area (Å²) < 4.78 is 0. The molecular formula is C13H25N. The summed E-state index contributed by atoms with van der Waals surface area (Å²) in [6, 6.07) is 0.525. The van der Waals surface area contributed by atoms with Crippen molar-refractivity contribution in [1.29, 1.82) is 0 Å².